The Morgan fingerprint density at radius 1 is 1.06 bits per heavy atom. The van der Waals surface area contributed by atoms with Gasteiger partial charge in [-0.25, -0.2) is 14.0 Å². The first-order chi connectivity index (χ1) is 14.3. The van der Waals surface area contributed by atoms with E-state index in [0.717, 1.165) is 0 Å². The van der Waals surface area contributed by atoms with Gasteiger partial charge in [0, 0.05) is 6.92 Å². The van der Waals surface area contributed by atoms with Crippen LogP contribution in [0, 0.1) is 0 Å². The molecule has 3 atom stereocenters. The quantitative estimate of drug-likeness (QED) is 0.309. The van der Waals surface area contributed by atoms with Crippen molar-refractivity contribution in [2.24, 2.45) is 0 Å². The molecule has 1 spiro atoms. The number of rotatable bonds is 6. The van der Waals surface area contributed by atoms with Crippen molar-refractivity contribution >= 4 is 23.9 Å². The van der Waals surface area contributed by atoms with Crippen LogP contribution in [0.15, 0.2) is 0 Å². The Morgan fingerprint density at radius 2 is 1.62 bits per heavy atom. The smallest absolute Gasteiger partial charge is 0.393 e. The average molecular weight is 492 g/mol. The van der Waals surface area contributed by atoms with Gasteiger partial charge in [-0.05, 0) is 0 Å². The summed E-state index contributed by atoms with van der Waals surface area (Å²) >= 11 is 0. The van der Waals surface area contributed by atoms with Gasteiger partial charge in [0.1, 0.15) is 0 Å². The maximum Gasteiger partial charge on any atom is 0.449 e. The number of carbonyl (C=O) groups excluding carboxylic acids is 4. The fraction of sp³-hybridized carbons (Fsp3) is 0.714. The minimum absolute atomic E-state index is 0.715. The molecule has 0 aliphatic carbocycles. The van der Waals surface area contributed by atoms with E-state index in [2.05, 4.69) is 23.7 Å². The number of hydrogen-bond acceptors (Lipinski definition) is 9. The van der Waals surface area contributed by atoms with E-state index in [-0.39, 0.29) is 0 Å². The highest BCUT2D eigenvalue weighted by Crippen LogP contribution is 2.56. The Morgan fingerprint density at radius 3 is 2.09 bits per heavy atom. The lowest BCUT2D eigenvalue weighted by Gasteiger charge is -2.47. The molecule has 0 radical (unpaired) electrons. The average Bonchev–Trinajstić information content (AvgIpc) is 2.80. The molecule has 0 amide bonds. The van der Waals surface area contributed by atoms with Crippen LogP contribution < -0.4 is 0 Å². The summed E-state index contributed by atoms with van der Waals surface area (Å²) in [4.78, 5) is 44.4. The summed E-state index contributed by atoms with van der Waals surface area (Å²) in [5.41, 5.74) is -4.79. The second kappa shape index (κ2) is 7.84. The second-order valence-corrected chi connectivity index (χ2v) is 6.20. The monoisotopic (exact) mass is 492 g/mol. The molecule has 9 nitrogen and oxygen atoms in total. The highest BCUT2D eigenvalue weighted by Gasteiger charge is 2.85. The summed E-state index contributed by atoms with van der Waals surface area (Å²) < 4.78 is 142. The van der Waals surface area contributed by atoms with E-state index in [0.29, 0.717) is 6.92 Å². The maximum absolute atomic E-state index is 14.5. The third kappa shape index (κ3) is 4.01. The van der Waals surface area contributed by atoms with E-state index >= 15 is 0 Å². The normalized spacial score (nSPS) is 29.7. The van der Waals surface area contributed by atoms with Gasteiger partial charge >= 0.3 is 48.1 Å². The topological polar surface area (TPSA) is 114 Å². The van der Waals surface area contributed by atoms with Gasteiger partial charge in [0.05, 0.1) is 13.0 Å². The molecule has 0 bridgehead atoms. The number of ether oxygens (including phenoxy) is 5. The highest BCUT2D eigenvalue weighted by atomic mass is 19.3. The van der Waals surface area contributed by atoms with E-state index < -0.39 is 79.0 Å². The van der Waals surface area contributed by atoms with E-state index in [1.165, 1.54) is 0 Å². The summed E-state index contributed by atoms with van der Waals surface area (Å²) in [7, 11) is 0. The van der Waals surface area contributed by atoms with Crippen LogP contribution in [0.3, 0.4) is 0 Å². The van der Waals surface area contributed by atoms with Gasteiger partial charge in [-0.15, -0.1) is 0 Å². The zero-order chi connectivity index (χ0) is 24.9. The lowest BCUT2D eigenvalue weighted by molar-refractivity contribution is -0.528. The molecule has 2 aliphatic heterocycles. The molecule has 18 heteroatoms. The van der Waals surface area contributed by atoms with Gasteiger partial charge in [-0.1, -0.05) is 0 Å². The molecule has 2 aliphatic rings. The molecule has 0 saturated carbocycles. The van der Waals surface area contributed by atoms with Gasteiger partial charge in [0.2, 0.25) is 11.8 Å². The van der Waals surface area contributed by atoms with Crippen LogP contribution in [-0.4, -0.2) is 72.6 Å². The van der Waals surface area contributed by atoms with Crippen molar-refractivity contribution in [1.29, 1.82) is 0 Å². The Labute approximate surface area is 169 Å². The van der Waals surface area contributed by atoms with Crippen molar-refractivity contribution in [3.05, 3.63) is 0 Å². The molecule has 182 valence electrons. The zero-order valence-electron chi connectivity index (χ0n) is 15.1. The molecule has 2 heterocycles. The minimum Gasteiger partial charge on any atom is -0.393 e. The van der Waals surface area contributed by atoms with Crippen molar-refractivity contribution in [3.63, 3.8) is 0 Å². The zero-order valence-corrected chi connectivity index (χ0v) is 15.1. The molecule has 2 fully saturated rings. The molecule has 32 heavy (non-hydrogen) atoms. The summed E-state index contributed by atoms with van der Waals surface area (Å²) in [6.45, 7) is -0.961. The Kier molecular flexibility index (Phi) is 6.31. The number of alkyl halides is 9. The molecule has 0 aromatic heterocycles. The van der Waals surface area contributed by atoms with Crippen LogP contribution in [0.1, 0.15) is 13.3 Å². The second-order valence-electron chi connectivity index (χ2n) is 6.20. The molecule has 2 rings (SSSR count). The summed E-state index contributed by atoms with van der Waals surface area (Å²) in [5, 5.41) is 0. The van der Waals surface area contributed by atoms with Crippen LogP contribution >= 0.6 is 0 Å². The van der Waals surface area contributed by atoms with Crippen LogP contribution in [0.2, 0.25) is 0 Å². The number of hydrogen-bond donors (Lipinski definition) is 0. The lowest BCUT2D eigenvalue weighted by Crippen LogP contribution is -2.75. The predicted octanol–water partition coefficient (Wildman–Crippen LogP) is 1.47. The fourth-order valence-corrected chi connectivity index (χ4v) is 2.53. The fourth-order valence-electron chi connectivity index (χ4n) is 2.53. The Hall–Kier alpha value is -2.47. The first kappa shape index (κ1) is 25.8. The van der Waals surface area contributed by atoms with E-state index in [1.54, 1.807) is 0 Å². The molecule has 0 aromatic rings. The molecular weight excluding hydrogens is 483 g/mol. The van der Waals surface area contributed by atoms with E-state index in [1.807, 2.05) is 0 Å². The van der Waals surface area contributed by atoms with Gasteiger partial charge < -0.3 is 14.2 Å². The van der Waals surface area contributed by atoms with Crippen molar-refractivity contribution in [3.8, 4) is 0 Å². The summed E-state index contributed by atoms with van der Waals surface area (Å²) in [6.07, 6.45) is -28.1. The lowest BCUT2D eigenvalue weighted by atomic mass is 9.86. The SMILES string of the molecule is CC(=O)OC(=O)CCOC(F)(F)C(F)(F)[C@H]1OC(F)(F)C(F)(F)OC12C(=O)OC(=O)[C@@H]2F. The van der Waals surface area contributed by atoms with Gasteiger partial charge in [-0.2, -0.15) is 35.1 Å². The Balaban J connectivity index is 2.41. The summed E-state index contributed by atoms with van der Waals surface area (Å²) in [5.74, 6) is -14.3. The molecule has 0 aromatic carbocycles. The Bertz CT molecular complexity index is 830. The maximum atomic E-state index is 14.5. The molecular formula is C14H9F9O9. The van der Waals surface area contributed by atoms with Crippen LogP contribution in [0.5, 0.6) is 0 Å². The highest BCUT2D eigenvalue weighted by molar-refractivity contribution is 6.03. The van der Waals surface area contributed by atoms with Crippen molar-refractivity contribution in [1.82, 2.24) is 0 Å². The number of esters is 4. The van der Waals surface area contributed by atoms with Crippen LogP contribution in [-0.2, 0) is 42.9 Å². The number of cyclic esters (lactones) is 2. The van der Waals surface area contributed by atoms with Gasteiger partial charge in [-0.3, -0.25) is 19.1 Å². The molecule has 0 N–H and O–H groups in total. The third-order valence-electron chi connectivity index (χ3n) is 3.95. The largest absolute Gasteiger partial charge is 0.449 e. The molecule has 2 saturated heterocycles. The molecule has 1 unspecified atom stereocenters. The predicted molar refractivity (Wildman–Crippen MR) is 71.8 cm³/mol. The minimum atomic E-state index is -6.29. The number of halogens is 9. The van der Waals surface area contributed by atoms with E-state index in [4.69, 9.17) is 0 Å². The number of carbonyl (C=O) groups is 4. The van der Waals surface area contributed by atoms with Gasteiger partial charge in [0.15, 0.2) is 6.10 Å². The van der Waals surface area contributed by atoms with Gasteiger partial charge in [0.25, 0.3) is 0 Å². The first-order valence-electron chi connectivity index (χ1n) is 7.96. The first-order valence-corrected chi connectivity index (χ1v) is 7.96. The van der Waals surface area contributed by atoms with Crippen molar-refractivity contribution in [2.45, 2.75) is 55.5 Å². The van der Waals surface area contributed by atoms with Crippen molar-refractivity contribution < 1.29 is 82.4 Å². The van der Waals surface area contributed by atoms with Crippen LogP contribution in [0.4, 0.5) is 39.5 Å². The summed E-state index contributed by atoms with van der Waals surface area (Å²) in [6, 6.07) is 0. The third-order valence-corrected chi connectivity index (χ3v) is 3.95. The van der Waals surface area contributed by atoms with Crippen molar-refractivity contribution in [2.75, 3.05) is 6.61 Å². The van der Waals surface area contributed by atoms with Crippen LogP contribution in [0.25, 0.3) is 0 Å². The van der Waals surface area contributed by atoms with E-state index in [9.17, 15) is 58.7 Å². The standard InChI is InChI=1S/C14H9F9O9/c1-4(24)29-5(25)2-3-28-12(18,19)11(16,17)8-10(6(15)7(26)30-9(10)27)32-14(22,23)13(20,21)31-8/h6,8H,2-3H2,1H3/t6-,8-,10?/m0/s1.